The Morgan fingerprint density at radius 2 is 1.56 bits per heavy atom. The molecule has 8 heteroatoms. The first-order valence-corrected chi connectivity index (χ1v) is 11.3. The standard InChI is InChI=1S/C26H21ClN2O5/c1-2-33-26(32)17-8-12-19(13-9-17)28-24(30)21-22(16-6-4-3-5-7-16)29(34-23(21)25(28)31)20-14-10-18(27)11-15-20/h3-15,21-23H,2H2,1H3/t21-,22-,23+/m0/s1. The highest BCUT2D eigenvalue weighted by molar-refractivity contribution is 6.30. The van der Waals surface area contributed by atoms with E-state index < -0.39 is 29.9 Å². The van der Waals surface area contributed by atoms with Crippen molar-refractivity contribution in [2.45, 2.75) is 19.1 Å². The van der Waals surface area contributed by atoms with Crippen LogP contribution in [-0.2, 0) is 19.2 Å². The second-order valence-electron chi connectivity index (χ2n) is 7.99. The van der Waals surface area contributed by atoms with Crippen molar-refractivity contribution in [3.63, 3.8) is 0 Å². The quantitative estimate of drug-likeness (QED) is 0.396. The second kappa shape index (κ2) is 8.93. The lowest BCUT2D eigenvalue weighted by Crippen LogP contribution is -2.37. The first-order chi connectivity index (χ1) is 16.5. The van der Waals surface area contributed by atoms with Crippen molar-refractivity contribution >= 4 is 40.8 Å². The highest BCUT2D eigenvalue weighted by atomic mass is 35.5. The van der Waals surface area contributed by atoms with Crippen LogP contribution in [0, 0.1) is 5.92 Å². The van der Waals surface area contributed by atoms with Crippen LogP contribution in [0.4, 0.5) is 11.4 Å². The van der Waals surface area contributed by atoms with Crippen LogP contribution in [0.1, 0.15) is 28.9 Å². The minimum atomic E-state index is -0.974. The Hall–Kier alpha value is -3.68. The lowest BCUT2D eigenvalue weighted by molar-refractivity contribution is -0.126. The molecule has 0 radical (unpaired) electrons. The van der Waals surface area contributed by atoms with Crippen molar-refractivity contribution in [1.29, 1.82) is 0 Å². The topological polar surface area (TPSA) is 76.2 Å². The smallest absolute Gasteiger partial charge is 0.338 e. The number of carbonyl (C=O) groups excluding carboxylic acids is 3. The maximum atomic E-state index is 13.6. The van der Waals surface area contributed by atoms with Gasteiger partial charge in [0, 0.05) is 5.02 Å². The van der Waals surface area contributed by atoms with E-state index in [1.54, 1.807) is 48.4 Å². The third-order valence-corrected chi connectivity index (χ3v) is 6.23. The molecule has 0 bridgehead atoms. The van der Waals surface area contributed by atoms with Gasteiger partial charge in [-0.2, -0.15) is 0 Å². The predicted octanol–water partition coefficient (Wildman–Crippen LogP) is 4.57. The molecule has 34 heavy (non-hydrogen) atoms. The molecule has 172 valence electrons. The Balaban J connectivity index is 1.49. The maximum Gasteiger partial charge on any atom is 0.338 e. The fourth-order valence-electron chi connectivity index (χ4n) is 4.43. The van der Waals surface area contributed by atoms with E-state index in [0.29, 0.717) is 22.0 Å². The minimum Gasteiger partial charge on any atom is -0.462 e. The molecule has 2 aliphatic heterocycles. The van der Waals surface area contributed by atoms with Crippen LogP contribution < -0.4 is 9.96 Å². The summed E-state index contributed by atoms with van der Waals surface area (Å²) in [6.45, 7) is 1.98. The lowest BCUT2D eigenvalue weighted by Gasteiger charge is -2.28. The van der Waals surface area contributed by atoms with Crippen molar-refractivity contribution in [2.75, 3.05) is 16.6 Å². The zero-order chi connectivity index (χ0) is 23.8. The van der Waals surface area contributed by atoms with Crippen molar-refractivity contribution in [1.82, 2.24) is 0 Å². The number of carbonyl (C=O) groups is 3. The van der Waals surface area contributed by atoms with Gasteiger partial charge >= 0.3 is 5.97 Å². The Labute approximate surface area is 201 Å². The number of nitrogens with zero attached hydrogens (tertiary/aromatic N) is 2. The molecular formula is C26H21ClN2O5. The number of amides is 2. The summed E-state index contributed by atoms with van der Waals surface area (Å²) in [6.07, 6.45) is -0.974. The molecule has 7 nitrogen and oxygen atoms in total. The summed E-state index contributed by atoms with van der Waals surface area (Å²) in [5, 5.41) is 2.20. The number of hydroxylamine groups is 1. The van der Waals surface area contributed by atoms with Crippen LogP contribution in [0.3, 0.4) is 0 Å². The number of fused-ring (bicyclic) bond motifs is 1. The number of esters is 1. The molecular weight excluding hydrogens is 456 g/mol. The van der Waals surface area contributed by atoms with Gasteiger partial charge in [0.05, 0.1) is 29.6 Å². The van der Waals surface area contributed by atoms with Gasteiger partial charge in [-0.1, -0.05) is 41.9 Å². The van der Waals surface area contributed by atoms with E-state index >= 15 is 0 Å². The average Bonchev–Trinajstić information content (AvgIpc) is 3.36. The number of rotatable bonds is 5. The fraction of sp³-hybridized carbons (Fsp3) is 0.192. The monoisotopic (exact) mass is 476 g/mol. The molecule has 0 N–H and O–H groups in total. The third kappa shape index (κ3) is 3.73. The molecule has 0 spiro atoms. The zero-order valence-electron chi connectivity index (χ0n) is 18.3. The molecule has 2 fully saturated rings. The molecule has 2 aliphatic rings. The van der Waals surface area contributed by atoms with Gasteiger partial charge in [0.2, 0.25) is 5.91 Å². The van der Waals surface area contributed by atoms with Crippen molar-refractivity contribution < 1.29 is 24.0 Å². The second-order valence-corrected chi connectivity index (χ2v) is 8.43. The number of hydrogen-bond acceptors (Lipinski definition) is 6. The van der Waals surface area contributed by atoms with Crippen LogP contribution in [0.15, 0.2) is 78.9 Å². The summed E-state index contributed by atoms with van der Waals surface area (Å²) in [5.41, 5.74) is 2.27. The van der Waals surface area contributed by atoms with Crippen LogP contribution in [-0.4, -0.2) is 30.5 Å². The molecule has 3 aromatic rings. The van der Waals surface area contributed by atoms with E-state index in [-0.39, 0.29) is 12.5 Å². The predicted molar refractivity (Wildman–Crippen MR) is 126 cm³/mol. The van der Waals surface area contributed by atoms with Crippen LogP contribution in [0.2, 0.25) is 5.02 Å². The Morgan fingerprint density at radius 1 is 0.912 bits per heavy atom. The van der Waals surface area contributed by atoms with Gasteiger partial charge in [-0.3, -0.25) is 14.4 Å². The molecule has 2 heterocycles. The van der Waals surface area contributed by atoms with Crippen LogP contribution in [0.5, 0.6) is 0 Å². The molecule has 3 atom stereocenters. The molecule has 2 saturated heterocycles. The summed E-state index contributed by atoms with van der Waals surface area (Å²) in [7, 11) is 0. The molecule has 5 rings (SSSR count). The summed E-state index contributed by atoms with van der Waals surface area (Å²) >= 11 is 6.05. The van der Waals surface area contributed by atoms with Crippen LogP contribution >= 0.6 is 11.6 Å². The van der Waals surface area contributed by atoms with Gasteiger partial charge in [0.25, 0.3) is 5.91 Å². The molecule has 2 amide bonds. The SMILES string of the molecule is CCOC(=O)c1ccc(N2C(=O)[C@@H]3[C@@H](ON(c4ccc(Cl)cc4)[C@H]3c3ccccc3)C2=O)cc1. The number of anilines is 2. The van der Waals surface area contributed by atoms with Crippen molar-refractivity contribution in [3.8, 4) is 0 Å². The highest BCUT2D eigenvalue weighted by Crippen LogP contribution is 2.47. The van der Waals surface area contributed by atoms with Crippen molar-refractivity contribution in [3.05, 3.63) is 95.0 Å². The summed E-state index contributed by atoms with van der Waals surface area (Å²) in [5.74, 6) is -2.01. The van der Waals surface area contributed by atoms with Crippen molar-refractivity contribution in [2.24, 2.45) is 5.92 Å². The van der Waals surface area contributed by atoms with Gasteiger partial charge in [-0.15, -0.1) is 0 Å². The van der Waals surface area contributed by atoms with E-state index in [4.69, 9.17) is 21.2 Å². The van der Waals surface area contributed by atoms with Gasteiger partial charge < -0.3 is 4.74 Å². The number of hydrogen-bond donors (Lipinski definition) is 0. The fourth-order valence-corrected chi connectivity index (χ4v) is 4.56. The first-order valence-electron chi connectivity index (χ1n) is 10.9. The van der Waals surface area contributed by atoms with Gasteiger partial charge in [-0.25, -0.2) is 14.8 Å². The molecule has 3 aromatic carbocycles. The van der Waals surface area contributed by atoms with Crippen LogP contribution in [0.25, 0.3) is 0 Å². The molecule has 0 aromatic heterocycles. The number of imide groups is 1. The number of ether oxygens (including phenoxy) is 1. The van der Waals surface area contributed by atoms with E-state index in [2.05, 4.69) is 0 Å². The Morgan fingerprint density at radius 3 is 2.21 bits per heavy atom. The minimum absolute atomic E-state index is 0.259. The van der Waals surface area contributed by atoms with E-state index in [9.17, 15) is 14.4 Å². The zero-order valence-corrected chi connectivity index (χ0v) is 19.0. The normalized spacial score (nSPS) is 21.6. The average molecular weight is 477 g/mol. The number of halogens is 1. The third-order valence-electron chi connectivity index (χ3n) is 5.97. The Kier molecular flexibility index (Phi) is 5.81. The number of benzene rings is 3. The van der Waals surface area contributed by atoms with E-state index in [0.717, 1.165) is 10.5 Å². The highest BCUT2D eigenvalue weighted by Gasteiger charge is 2.60. The summed E-state index contributed by atoms with van der Waals surface area (Å²) < 4.78 is 5.00. The molecule has 0 unspecified atom stereocenters. The van der Waals surface area contributed by atoms with Gasteiger partial charge in [0.1, 0.15) is 5.92 Å². The van der Waals surface area contributed by atoms with Gasteiger partial charge in [-0.05, 0) is 61.0 Å². The molecule has 0 saturated carbocycles. The maximum absolute atomic E-state index is 13.6. The van der Waals surface area contributed by atoms with Gasteiger partial charge in [0.15, 0.2) is 6.10 Å². The molecule has 0 aliphatic carbocycles. The lowest BCUT2D eigenvalue weighted by atomic mass is 9.90. The van der Waals surface area contributed by atoms with E-state index in [1.807, 2.05) is 30.3 Å². The van der Waals surface area contributed by atoms with E-state index in [1.165, 1.54) is 12.1 Å². The first kappa shape index (κ1) is 22.1. The summed E-state index contributed by atoms with van der Waals surface area (Å²) in [4.78, 5) is 46.2. The largest absolute Gasteiger partial charge is 0.462 e. The Bertz CT molecular complexity index is 1230. The summed E-state index contributed by atoms with van der Waals surface area (Å²) in [6, 6.07) is 22.2.